The van der Waals surface area contributed by atoms with Crippen molar-refractivity contribution in [3.05, 3.63) is 39.6 Å². The van der Waals surface area contributed by atoms with Gasteiger partial charge in [0.2, 0.25) is 5.78 Å². The zero-order valence-electron chi connectivity index (χ0n) is 9.65. The Morgan fingerprint density at radius 1 is 1.50 bits per heavy atom. The Hall–Kier alpha value is -1.42. The summed E-state index contributed by atoms with van der Waals surface area (Å²) in [5.41, 5.74) is 2.73. The second-order valence-corrected chi connectivity index (χ2v) is 4.47. The number of imidazole rings is 1. The van der Waals surface area contributed by atoms with Gasteiger partial charge in [-0.05, 0) is 32.2 Å². The number of hydrogen-bond acceptors (Lipinski definition) is 3. The molecule has 4 heteroatoms. The fourth-order valence-corrected chi connectivity index (χ4v) is 2.37. The number of nitrogens with zero attached hydrogens (tertiary/aromatic N) is 2. The molecule has 3 nitrogen and oxygen atoms in total. The van der Waals surface area contributed by atoms with E-state index in [1.54, 1.807) is 0 Å². The predicted molar refractivity (Wildman–Crippen MR) is 65.1 cm³/mol. The van der Waals surface area contributed by atoms with E-state index in [1.165, 1.54) is 11.3 Å². The highest BCUT2D eigenvalue weighted by Gasteiger charge is 2.18. The van der Waals surface area contributed by atoms with Crippen LogP contribution in [0.3, 0.4) is 0 Å². The summed E-state index contributed by atoms with van der Waals surface area (Å²) in [6.07, 6.45) is 0. The molecular formula is C12H14N2OS. The Labute approximate surface area is 98.8 Å². The highest BCUT2D eigenvalue weighted by Crippen LogP contribution is 2.16. The van der Waals surface area contributed by atoms with Gasteiger partial charge in [-0.2, -0.15) is 11.3 Å². The maximum atomic E-state index is 12.2. The minimum absolute atomic E-state index is 0.0132. The number of aryl methyl sites for hydroxylation is 1. The molecule has 2 rings (SSSR count). The standard InChI is InChI=1S/C12H14N2OS/c1-4-14-9(3)8(2)13-12(14)11(15)10-5-6-16-7-10/h5-7H,4H2,1-3H3. The fraction of sp³-hybridized carbons (Fsp3) is 0.333. The van der Waals surface area contributed by atoms with Crippen molar-refractivity contribution in [2.24, 2.45) is 0 Å². The third-order valence-electron chi connectivity index (χ3n) is 2.76. The van der Waals surface area contributed by atoms with Gasteiger partial charge in [-0.1, -0.05) is 0 Å². The van der Waals surface area contributed by atoms with Crippen molar-refractivity contribution in [1.82, 2.24) is 9.55 Å². The second kappa shape index (κ2) is 4.22. The summed E-state index contributed by atoms with van der Waals surface area (Å²) in [5.74, 6) is 0.565. The average molecular weight is 234 g/mol. The van der Waals surface area contributed by atoms with E-state index in [-0.39, 0.29) is 5.78 Å². The number of carbonyl (C=O) groups is 1. The van der Waals surface area contributed by atoms with Crippen LogP contribution in [0.2, 0.25) is 0 Å². The molecule has 84 valence electrons. The zero-order valence-corrected chi connectivity index (χ0v) is 10.5. The normalized spacial score (nSPS) is 10.7. The highest BCUT2D eigenvalue weighted by atomic mass is 32.1. The third kappa shape index (κ3) is 1.69. The molecule has 0 radical (unpaired) electrons. The topological polar surface area (TPSA) is 34.9 Å². The van der Waals surface area contributed by atoms with Crippen LogP contribution in [-0.2, 0) is 6.54 Å². The van der Waals surface area contributed by atoms with Gasteiger partial charge in [-0.15, -0.1) is 0 Å². The second-order valence-electron chi connectivity index (χ2n) is 3.69. The van der Waals surface area contributed by atoms with Crippen molar-refractivity contribution in [2.45, 2.75) is 27.3 Å². The van der Waals surface area contributed by atoms with E-state index in [9.17, 15) is 4.79 Å². The molecule has 0 aliphatic heterocycles. The van der Waals surface area contributed by atoms with Crippen molar-refractivity contribution in [2.75, 3.05) is 0 Å². The Morgan fingerprint density at radius 2 is 2.25 bits per heavy atom. The van der Waals surface area contributed by atoms with Crippen molar-refractivity contribution >= 4 is 17.1 Å². The predicted octanol–water partition coefficient (Wildman–Crippen LogP) is 2.81. The maximum Gasteiger partial charge on any atom is 0.229 e. The lowest BCUT2D eigenvalue weighted by atomic mass is 10.2. The van der Waals surface area contributed by atoms with E-state index in [1.807, 2.05) is 42.2 Å². The summed E-state index contributed by atoms with van der Waals surface area (Å²) >= 11 is 1.53. The van der Waals surface area contributed by atoms with Crippen LogP contribution in [-0.4, -0.2) is 15.3 Å². The zero-order chi connectivity index (χ0) is 11.7. The van der Waals surface area contributed by atoms with Gasteiger partial charge in [-0.25, -0.2) is 4.98 Å². The van der Waals surface area contributed by atoms with Crippen LogP contribution >= 0.6 is 11.3 Å². The number of thiophene rings is 1. The Balaban J connectivity index is 2.48. The van der Waals surface area contributed by atoms with Crippen LogP contribution in [0, 0.1) is 13.8 Å². The van der Waals surface area contributed by atoms with E-state index < -0.39 is 0 Å². The van der Waals surface area contributed by atoms with E-state index in [0.717, 1.165) is 23.5 Å². The van der Waals surface area contributed by atoms with Crippen LogP contribution in [0.1, 0.15) is 34.5 Å². The molecule has 0 saturated carbocycles. The summed E-state index contributed by atoms with van der Waals surface area (Å²) in [4.78, 5) is 16.5. The molecule has 2 heterocycles. The molecule has 0 amide bonds. The molecule has 0 N–H and O–H groups in total. The van der Waals surface area contributed by atoms with Gasteiger partial charge in [0.25, 0.3) is 0 Å². The van der Waals surface area contributed by atoms with Crippen LogP contribution in [0.5, 0.6) is 0 Å². The van der Waals surface area contributed by atoms with E-state index in [0.29, 0.717) is 5.82 Å². The average Bonchev–Trinajstić information content (AvgIpc) is 2.88. The van der Waals surface area contributed by atoms with Gasteiger partial charge < -0.3 is 4.57 Å². The number of hydrogen-bond donors (Lipinski definition) is 0. The van der Waals surface area contributed by atoms with Gasteiger partial charge in [0, 0.05) is 23.2 Å². The number of ketones is 1. The number of carbonyl (C=O) groups excluding carboxylic acids is 1. The third-order valence-corrected chi connectivity index (χ3v) is 3.44. The Morgan fingerprint density at radius 3 is 2.81 bits per heavy atom. The largest absolute Gasteiger partial charge is 0.326 e. The summed E-state index contributed by atoms with van der Waals surface area (Å²) in [5, 5.41) is 3.77. The molecule has 16 heavy (non-hydrogen) atoms. The molecule has 2 aromatic rings. The van der Waals surface area contributed by atoms with E-state index >= 15 is 0 Å². The van der Waals surface area contributed by atoms with Gasteiger partial charge in [0.05, 0.1) is 5.69 Å². The van der Waals surface area contributed by atoms with Crippen LogP contribution < -0.4 is 0 Å². The monoisotopic (exact) mass is 234 g/mol. The molecule has 0 unspecified atom stereocenters. The molecular weight excluding hydrogens is 220 g/mol. The Bertz CT molecular complexity index is 511. The summed E-state index contributed by atoms with van der Waals surface area (Å²) < 4.78 is 1.97. The summed E-state index contributed by atoms with van der Waals surface area (Å²) in [6, 6.07) is 1.84. The molecule has 0 spiro atoms. The molecule has 0 saturated heterocycles. The first-order valence-electron chi connectivity index (χ1n) is 5.25. The lowest BCUT2D eigenvalue weighted by Gasteiger charge is -2.04. The van der Waals surface area contributed by atoms with Crippen molar-refractivity contribution in [1.29, 1.82) is 0 Å². The lowest BCUT2D eigenvalue weighted by Crippen LogP contribution is -2.11. The molecule has 0 aliphatic carbocycles. The molecule has 2 aromatic heterocycles. The smallest absolute Gasteiger partial charge is 0.229 e. The van der Waals surface area contributed by atoms with Crippen LogP contribution in [0.15, 0.2) is 16.8 Å². The minimum Gasteiger partial charge on any atom is -0.326 e. The van der Waals surface area contributed by atoms with Crippen LogP contribution in [0.4, 0.5) is 0 Å². The Kier molecular flexibility index (Phi) is 2.92. The quantitative estimate of drug-likeness (QED) is 0.765. The lowest BCUT2D eigenvalue weighted by molar-refractivity contribution is 0.102. The maximum absolute atomic E-state index is 12.2. The highest BCUT2D eigenvalue weighted by molar-refractivity contribution is 7.08. The molecule has 0 bridgehead atoms. The van der Waals surface area contributed by atoms with E-state index in [4.69, 9.17) is 0 Å². The van der Waals surface area contributed by atoms with Gasteiger partial charge in [0.15, 0.2) is 5.82 Å². The molecule has 0 aromatic carbocycles. The van der Waals surface area contributed by atoms with Crippen LogP contribution in [0.25, 0.3) is 0 Å². The van der Waals surface area contributed by atoms with Crippen molar-refractivity contribution < 1.29 is 4.79 Å². The van der Waals surface area contributed by atoms with Gasteiger partial charge in [-0.3, -0.25) is 4.79 Å². The molecule has 0 fully saturated rings. The number of rotatable bonds is 3. The van der Waals surface area contributed by atoms with Crippen molar-refractivity contribution in [3.8, 4) is 0 Å². The molecule has 0 aliphatic rings. The van der Waals surface area contributed by atoms with E-state index in [2.05, 4.69) is 4.98 Å². The first-order chi connectivity index (χ1) is 7.65. The minimum atomic E-state index is 0.0132. The van der Waals surface area contributed by atoms with Gasteiger partial charge in [0.1, 0.15) is 0 Å². The SMILES string of the molecule is CCn1c(C(=O)c2ccsc2)nc(C)c1C. The summed E-state index contributed by atoms with van der Waals surface area (Å²) in [7, 11) is 0. The van der Waals surface area contributed by atoms with Crippen molar-refractivity contribution in [3.63, 3.8) is 0 Å². The number of aromatic nitrogens is 2. The van der Waals surface area contributed by atoms with Gasteiger partial charge >= 0.3 is 0 Å². The fourth-order valence-electron chi connectivity index (χ4n) is 1.74. The molecule has 0 atom stereocenters. The first kappa shape index (κ1) is 11.1. The summed E-state index contributed by atoms with van der Waals surface area (Å²) in [6.45, 7) is 6.73. The first-order valence-corrected chi connectivity index (χ1v) is 6.20.